The lowest BCUT2D eigenvalue weighted by atomic mass is 10.2. The molecule has 0 spiro atoms. The molecule has 1 heterocycles. The summed E-state index contributed by atoms with van der Waals surface area (Å²) in [5.74, 6) is -2.02. The van der Waals surface area contributed by atoms with Gasteiger partial charge < -0.3 is 5.11 Å². The smallest absolute Gasteiger partial charge is 0.326 e. The summed E-state index contributed by atoms with van der Waals surface area (Å²) in [4.78, 5) is 45.6. The lowest BCUT2D eigenvalue weighted by Crippen LogP contribution is -2.41. The molecule has 0 unspecified atom stereocenters. The van der Waals surface area contributed by atoms with Crippen LogP contribution in [0.1, 0.15) is 12.5 Å². The second-order valence-electron chi connectivity index (χ2n) is 4.42. The predicted molar refractivity (Wildman–Crippen MR) is 78.0 cm³/mol. The maximum atomic E-state index is 12.1. The number of nitrogens with zero attached hydrogens (tertiary/aromatic N) is 2. The summed E-state index contributed by atoms with van der Waals surface area (Å²) in [5.41, 5.74) is 0.231. The molecule has 1 aromatic carbocycles. The molecule has 1 aromatic rings. The van der Waals surface area contributed by atoms with Gasteiger partial charge in [0.15, 0.2) is 0 Å². The summed E-state index contributed by atoms with van der Waals surface area (Å²) in [6.07, 6.45) is 1.33. The second kappa shape index (κ2) is 5.98. The number of nitro groups is 1. The highest BCUT2D eigenvalue weighted by Crippen LogP contribution is 2.33. The number of non-ortho nitro benzene ring substituents is 1. The van der Waals surface area contributed by atoms with E-state index in [0.29, 0.717) is 22.2 Å². The van der Waals surface area contributed by atoms with Crippen LogP contribution < -0.4 is 0 Å². The van der Waals surface area contributed by atoms with Crippen LogP contribution in [0, 0.1) is 10.1 Å². The highest BCUT2D eigenvalue weighted by Gasteiger charge is 2.40. The number of benzene rings is 1. The quantitative estimate of drug-likeness (QED) is 0.512. The van der Waals surface area contributed by atoms with Gasteiger partial charge in [-0.3, -0.25) is 24.6 Å². The van der Waals surface area contributed by atoms with Crippen LogP contribution in [0.4, 0.5) is 10.5 Å². The third-order valence-electron chi connectivity index (χ3n) is 2.95. The van der Waals surface area contributed by atoms with E-state index in [1.165, 1.54) is 31.2 Å². The maximum absolute atomic E-state index is 12.1. The van der Waals surface area contributed by atoms with Crippen molar-refractivity contribution >= 4 is 40.6 Å². The van der Waals surface area contributed by atoms with Crippen molar-refractivity contribution < 1.29 is 24.4 Å². The van der Waals surface area contributed by atoms with Gasteiger partial charge in [0.1, 0.15) is 6.04 Å². The highest BCUT2D eigenvalue weighted by molar-refractivity contribution is 8.18. The monoisotopic (exact) mass is 322 g/mol. The third kappa shape index (κ3) is 2.98. The Morgan fingerprint density at radius 2 is 2.14 bits per heavy atom. The van der Waals surface area contributed by atoms with Gasteiger partial charge in [0, 0.05) is 12.1 Å². The Labute approximate surface area is 128 Å². The number of aliphatic carboxylic acids is 1. The van der Waals surface area contributed by atoms with Gasteiger partial charge in [0.2, 0.25) is 0 Å². The molecule has 1 aliphatic heterocycles. The van der Waals surface area contributed by atoms with E-state index in [9.17, 15) is 24.5 Å². The van der Waals surface area contributed by atoms with E-state index < -0.39 is 28.1 Å². The summed E-state index contributed by atoms with van der Waals surface area (Å²) in [5, 5.41) is 18.9. The van der Waals surface area contributed by atoms with Crippen molar-refractivity contribution in [3.05, 3.63) is 44.8 Å². The molecule has 2 rings (SSSR count). The van der Waals surface area contributed by atoms with E-state index >= 15 is 0 Å². The van der Waals surface area contributed by atoms with E-state index in [1.807, 2.05) is 0 Å². The van der Waals surface area contributed by atoms with Crippen LogP contribution in [0.3, 0.4) is 0 Å². The van der Waals surface area contributed by atoms with Crippen molar-refractivity contribution in [2.45, 2.75) is 13.0 Å². The zero-order valence-electron chi connectivity index (χ0n) is 11.3. The molecule has 1 saturated heterocycles. The van der Waals surface area contributed by atoms with Gasteiger partial charge in [-0.25, -0.2) is 4.79 Å². The molecule has 0 radical (unpaired) electrons. The molecule has 8 nitrogen and oxygen atoms in total. The number of hydrogen-bond acceptors (Lipinski definition) is 6. The topological polar surface area (TPSA) is 118 Å². The summed E-state index contributed by atoms with van der Waals surface area (Å²) >= 11 is 0.602. The summed E-state index contributed by atoms with van der Waals surface area (Å²) in [6.45, 7) is 1.23. The molecule has 1 aliphatic rings. The van der Waals surface area contributed by atoms with Crippen molar-refractivity contribution in [1.29, 1.82) is 0 Å². The van der Waals surface area contributed by atoms with Gasteiger partial charge in [-0.2, -0.15) is 0 Å². The van der Waals surface area contributed by atoms with E-state index in [2.05, 4.69) is 0 Å². The van der Waals surface area contributed by atoms with E-state index in [0.717, 1.165) is 0 Å². The molecule has 22 heavy (non-hydrogen) atoms. The fraction of sp³-hybridized carbons (Fsp3) is 0.154. The molecule has 1 fully saturated rings. The Balaban J connectivity index is 2.32. The first kappa shape index (κ1) is 15.7. The fourth-order valence-corrected chi connectivity index (χ4v) is 2.71. The molecular weight excluding hydrogens is 312 g/mol. The zero-order valence-corrected chi connectivity index (χ0v) is 12.1. The van der Waals surface area contributed by atoms with E-state index in [1.54, 1.807) is 6.07 Å². The number of hydrogen-bond donors (Lipinski definition) is 1. The van der Waals surface area contributed by atoms with Crippen LogP contribution >= 0.6 is 11.8 Å². The summed E-state index contributed by atoms with van der Waals surface area (Å²) < 4.78 is 0. The first-order valence-corrected chi connectivity index (χ1v) is 6.87. The molecule has 2 amide bonds. The minimum atomic E-state index is -1.29. The van der Waals surface area contributed by atoms with E-state index in [-0.39, 0.29) is 10.6 Å². The lowest BCUT2D eigenvalue weighted by molar-refractivity contribution is -0.384. The number of imide groups is 1. The predicted octanol–water partition coefficient (Wildman–Crippen LogP) is 2.10. The molecule has 1 atom stereocenters. The summed E-state index contributed by atoms with van der Waals surface area (Å²) in [6, 6.07) is 4.28. The molecular formula is C13H10N2O6S. The van der Waals surface area contributed by atoms with E-state index in [4.69, 9.17) is 5.11 Å². The van der Waals surface area contributed by atoms with Crippen LogP contribution in [-0.4, -0.2) is 38.1 Å². The normalized spacial score (nSPS) is 17.9. The largest absolute Gasteiger partial charge is 0.480 e. The minimum absolute atomic E-state index is 0.0265. The van der Waals surface area contributed by atoms with Crippen molar-refractivity contribution in [3.8, 4) is 0 Å². The number of carboxylic acid groups (broad SMARTS) is 1. The average Bonchev–Trinajstić information content (AvgIpc) is 2.73. The third-order valence-corrected chi connectivity index (χ3v) is 3.83. The van der Waals surface area contributed by atoms with Crippen molar-refractivity contribution in [3.63, 3.8) is 0 Å². The number of nitro benzene ring substituents is 1. The van der Waals surface area contributed by atoms with Crippen LogP contribution in [0.25, 0.3) is 6.08 Å². The maximum Gasteiger partial charge on any atom is 0.326 e. The lowest BCUT2D eigenvalue weighted by Gasteiger charge is -2.16. The average molecular weight is 322 g/mol. The number of rotatable bonds is 4. The highest BCUT2D eigenvalue weighted by atomic mass is 32.2. The van der Waals surface area contributed by atoms with Gasteiger partial charge in [0.25, 0.3) is 16.8 Å². The van der Waals surface area contributed by atoms with Gasteiger partial charge in [0.05, 0.1) is 9.83 Å². The SMILES string of the molecule is C[C@H](C(=O)O)N1C(=O)S/C(=C/c2cccc([N+](=O)[O-])c2)C1=O. The van der Waals surface area contributed by atoms with Gasteiger partial charge >= 0.3 is 5.97 Å². The van der Waals surface area contributed by atoms with Gasteiger partial charge in [-0.1, -0.05) is 12.1 Å². The minimum Gasteiger partial charge on any atom is -0.480 e. The second-order valence-corrected chi connectivity index (χ2v) is 5.41. The Kier molecular flexibility index (Phi) is 4.27. The number of carbonyl (C=O) groups is 3. The van der Waals surface area contributed by atoms with Crippen LogP contribution in [-0.2, 0) is 9.59 Å². The van der Waals surface area contributed by atoms with Crippen molar-refractivity contribution in [2.75, 3.05) is 0 Å². The zero-order chi connectivity index (χ0) is 16.4. The Morgan fingerprint density at radius 1 is 1.45 bits per heavy atom. The Bertz CT molecular complexity index is 714. The first-order valence-electron chi connectivity index (χ1n) is 6.05. The number of carbonyl (C=O) groups excluding carboxylic acids is 2. The molecule has 0 aromatic heterocycles. The van der Waals surface area contributed by atoms with Crippen LogP contribution in [0.15, 0.2) is 29.2 Å². The fourth-order valence-electron chi connectivity index (χ4n) is 1.80. The Hall–Kier alpha value is -2.68. The van der Waals surface area contributed by atoms with Crippen LogP contribution in [0.2, 0.25) is 0 Å². The standard InChI is InChI=1S/C13H10N2O6S/c1-7(12(17)18)14-11(16)10(22-13(14)19)6-8-3-2-4-9(5-8)15(20)21/h2-7H,1H3,(H,17,18)/b10-6+/t7-/m1/s1. The van der Waals surface area contributed by atoms with Crippen LogP contribution in [0.5, 0.6) is 0 Å². The number of amides is 2. The molecule has 0 aliphatic carbocycles. The molecule has 0 bridgehead atoms. The molecule has 1 N–H and O–H groups in total. The van der Waals surface area contributed by atoms with Gasteiger partial charge in [-0.15, -0.1) is 0 Å². The summed E-state index contributed by atoms with van der Waals surface area (Å²) in [7, 11) is 0. The van der Waals surface area contributed by atoms with Crippen molar-refractivity contribution in [1.82, 2.24) is 4.90 Å². The molecule has 114 valence electrons. The molecule has 9 heteroatoms. The Morgan fingerprint density at radius 3 is 2.73 bits per heavy atom. The van der Waals surface area contributed by atoms with Crippen molar-refractivity contribution in [2.24, 2.45) is 0 Å². The first-order chi connectivity index (χ1) is 10.3. The molecule has 0 saturated carbocycles. The number of carboxylic acids is 1. The van der Waals surface area contributed by atoms with Gasteiger partial charge in [-0.05, 0) is 30.3 Å². The number of thioether (sulfide) groups is 1.